The maximum Gasteiger partial charge on any atom is 0.160 e. The summed E-state index contributed by atoms with van der Waals surface area (Å²) >= 11 is 1.79. The number of rotatable bonds is 4. The van der Waals surface area contributed by atoms with E-state index < -0.39 is 0 Å². The van der Waals surface area contributed by atoms with Crippen LogP contribution in [-0.4, -0.2) is 21.1 Å². The summed E-state index contributed by atoms with van der Waals surface area (Å²) in [6.07, 6.45) is 1.98. The highest BCUT2D eigenvalue weighted by atomic mass is 32.1. The minimum Gasteiger partial charge on any atom is -0.344 e. The van der Waals surface area contributed by atoms with Gasteiger partial charge >= 0.3 is 0 Å². The van der Waals surface area contributed by atoms with Gasteiger partial charge in [0.25, 0.3) is 0 Å². The molecule has 6 heteroatoms. The molecule has 6 aromatic carbocycles. The minimum absolute atomic E-state index is 0.279. The predicted octanol–water partition coefficient (Wildman–Crippen LogP) is 10.2. The summed E-state index contributed by atoms with van der Waals surface area (Å²) in [5, 5.41) is 9.37. The largest absolute Gasteiger partial charge is 0.344 e. The van der Waals surface area contributed by atoms with E-state index >= 15 is 0 Å². The first-order valence-corrected chi connectivity index (χ1v) is 16.9. The Hall–Kier alpha value is -6.11. The molecule has 226 valence electrons. The van der Waals surface area contributed by atoms with E-state index in [1.54, 1.807) is 11.3 Å². The van der Waals surface area contributed by atoms with Gasteiger partial charge in [-0.2, -0.15) is 0 Å². The van der Waals surface area contributed by atoms with Crippen molar-refractivity contribution in [2.75, 3.05) is 0 Å². The number of imidazole rings is 1. The number of nitrogens with one attached hydrogen (secondary N) is 1. The van der Waals surface area contributed by atoms with Crippen LogP contribution in [0.3, 0.4) is 0 Å². The van der Waals surface area contributed by atoms with Crippen LogP contribution in [0, 0.1) is 0 Å². The van der Waals surface area contributed by atoms with Gasteiger partial charge in [0.05, 0.1) is 0 Å². The molecule has 0 saturated heterocycles. The molecule has 0 bridgehead atoms. The SMILES string of the molecule is c1ccc(C2=NC(c3c4ccccc4c(-c4ccc5nc6c7ccccc7sc6n5c4)c4ccccc34)=NC(c3ccccc3)N2)cc1. The number of pyridine rings is 1. The molecular formula is C42H27N5S. The molecule has 48 heavy (non-hydrogen) atoms. The Balaban J connectivity index is 1.24. The van der Waals surface area contributed by atoms with E-state index in [2.05, 4.69) is 137 Å². The van der Waals surface area contributed by atoms with Crippen LogP contribution >= 0.6 is 11.3 Å². The average Bonchev–Trinajstić information content (AvgIpc) is 3.70. The second kappa shape index (κ2) is 10.7. The van der Waals surface area contributed by atoms with Gasteiger partial charge in [0.15, 0.2) is 5.84 Å². The number of amidine groups is 2. The fourth-order valence-corrected chi connectivity index (χ4v) is 8.21. The lowest BCUT2D eigenvalue weighted by molar-refractivity contribution is 0.674. The lowest BCUT2D eigenvalue weighted by Crippen LogP contribution is -2.33. The highest BCUT2D eigenvalue weighted by molar-refractivity contribution is 7.25. The van der Waals surface area contributed by atoms with Gasteiger partial charge < -0.3 is 5.32 Å². The maximum absolute atomic E-state index is 5.30. The molecule has 9 aromatic rings. The Morgan fingerprint density at radius 2 is 1.17 bits per heavy atom. The van der Waals surface area contributed by atoms with Crippen LogP contribution in [0.5, 0.6) is 0 Å². The van der Waals surface area contributed by atoms with Gasteiger partial charge in [0.2, 0.25) is 0 Å². The van der Waals surface area contributed by atoms with Gasteiger partial charge in [0, 0.05) is 27.4 Å². The van der Waals surface area contributed by atoms with Crippen molar-refractivity contribution < 1.29 is 0 Å². The van der Waals surface area contributed by atoms with E-state index in [0.717, 1.165) is 71.5 Å². The second-order valence-corrected chi connectivity index (χ2v) is 13.1. The number of nitrogens with zero attached hydrogens (tertiary/aromatic N) is 4. The number of hydrogen-bond acceptors (Lipinski definition) is 5. The summed E-state index contributed by atoms with van der Waals surface area (Å²) in [6.45, 7) is 0. The lowest BCUT2D eigenvalue weighted by atomic mass is 9.88. The molecule has 0 aliphatic carbocycles. The van der Waals surface area contributed by atoms with Crippen LogP contribution in [0.15, 0.2) is 162 Å². The third-order valence-corrected chi connectivity index (χ3v) is 10.4. The molecule has 1 N–H and O–H groups in total. The molecule has 0 spiro atoms. The van der Waals surface area contributed by atoms with Gasteiger partial charge in [-0.25, -0.2) is 15.0 Å². The molecule has 5 nitrogen and oxygen atoms in total. The molecule has 1 atom stereocenters. The van der Waals surface area contributed by atoms with E-state index in [4.69, 9.17) is 15.0 Å². The molecule has 1 unspecified atom stereocenters. The summed E-state index contributed by atoms with van der Waals surface area (Å²) in [6, 6.07) is 50.9. The topological polar surface area (TPSA) is 54.0 Å². The first kappa shape index (κ1) is 27.0. The number of thiophene rings is 1. The first-order valence-electron chi connectivity index (χ1n) is 16.1. The molecule has 1 aliphatic rings. The zero-order chi connectivity index (χ0) is 31.6. The third kappa shape index (κ3) is 4.20. The van der Waals surface area contributed by atoms with Crippen LogP contribution in [0.25, 0.3) is 58.8 Å². The fraction of sp³-hybridized carbons (Fsp3) is 0.0238. The summed E-state index contributed by atoms with van der Waals surface area (Å²) in [4.78, 5) is 16.7. The molecule has 10 rings (SSSR count). The highest BCUT2D eigenvalue weighted by Crippen LogP contribution is 2.42. The Bertz CT molecular complexity index is 2700. The van der Waals surface area contributed by atoms with E-state index in [1.807, 2.05) is 24.3 Å². The minimum atomic E-state index is -0.279. The van der Waals surface area contributed by atoms with E-state index in [0.29, 0.717) is 0 Å². The van der Waals surface area contributed by atoms with Gasteiger partial charge in [-0.1, -0.05) is 127 Å². The summed E-state index contributed by atoms with van der Waals surface area (Å²) in [5.41, 5.74) is 7.49. The van der Waals surface area contributed by atoms with Crippen LogP contribution in [0.2, 0.25) is 0 Å². The summed E-state index contributed by atoms with van der Waals surface area (Å²) in [7, 11) is 0. The Morgan fingerprint density at radius 1 is 0.562 bits per heavy atom. The van der Waals surface area contributed by atoms with Crippen LogP contribution in [-0.2, 0) is 0 Å². The van der Waals surface area contributed by atoms with Crippen molar-refractivity contribution in [2.45, 2.75) is 6.17 Å². The predicted molar refractivity (Wildman–Crippen MR) is 200 cm³/mol. The summed E-state index contributed by atoms with van der Waals surface area (Å²) in [5.74, 6) is 1.53. The van der Waals surface area contributed by atoms with Gasteiger partial charge in [-0.3, -0.25) is 4.40 Å². The van der Waals surface area contributed by atoms with Crippen molar-refractivity contribution in [3.8, 4) is 11.1 Å². The molecule has 1 aliphatic heterocycles. The van der Waals surface area contributed by atoms with Gasteiger partial charge in [0.1, 0.15) is 28.0 Å². The van der Waals surface area contributed by atoms with Gasteiger partial charge in [-0.05, 0) is 56.4 Å². The normalized spacial score (nSPS) is 14.9. The Morgan fingerprint density at radius 3 is 1.88 bits per heavy atom. The number of aliphatic imine (C=N–C) groups is 2. The van der Waals surface area contributed by atoms with E-state index in [9.17, 15) is 0 Å². The van der Waals surface area contributed by atoms with Crippen molar-refractivity contribution in [1.29, 1.82) is 0 Å². The molecular weight excluding hydrogens is 607 g/mol. The average molecular weight is 634 g/mol. The highest BCUT2D eigenvalue weighted by Gasteiger charge is 2.25. The third-order valence-electron chi connectivity index (χ3n) is 9.27. The number of hydrogen-bond donors (Lipinski definition) is 1. The van der Waals surface area contributed by atoms with E-state index in [1.165, 1.54) is 15.6 Å². The molecule has 0 fully saturated rings. The molecule has 3 aromatic heterocycles. The summed E-state index contributed by atoms with van der Waals surface area (Å²) < 4.78 is 3.51. The monoisotopic (exact) mass is 633 g/mol. The molecule has 0 saturated carbocycles. The number of fused-ring (bicyclic) bond motifs is 7. The lowest BCUT2D eigenvalue weighted by Gasteiger charge is -2.25. The zero-order valence-corrected chi connectivity index (χ0v) is 26.5. The molecule has 0 amide bonds. The van der Waals surface area contributed by atoms with Crippen molar-refractivity contribution in [1.82, 2.24) is 14.7 Å². The second-order valence-electron chi connectivity index (χ2n) is 12.1. The van der Waals surface area contributed by atoms with Crippen molar-refractivity contribution in [3.05, 3.63) is 168 Å². The smallest absolute Gasteiger partial charge is 0.160 e. The van der Waals surface area contributed by atoms with Gasteiger partial charge in [-0.15, -0.1) is 11.3 Å². The molecule has 0 radical (unpaired) electrons. The molecule has 4 heterocycles. The van der Waals surface area contributed by atoms with Crippen molar-refractivity contribution >= 4 is 70.6 Å². The van der Waals surface area contributed by atoms with Crippen molar-refractivity contribution in [2.24, 2.45) is 9.98 Å². The fourth-order valence-electron chi connectivity index (χ4n) is 7.09. The number of aromatic nitrogens is 2. The standard InChI is InChI=1S/C42H27N5S/c1-3-13-26(14-4-1)39-44-40(27-15-5-2-6-16-27)46-41(45-39)37-31-19-9-7-17-29(31)36(30-18-8-10-20-32(30)37)28-23-24-35-43-38-33-21-11-12-22-34(33)48-42(38)47(35)25-28/h1-25,39H,(H,44,45,46). The Labute approximate surface area is 280 Å². The first-order chi connectivity index (χ1) is 23.8. The zero-order valence-electron chi connectivity index (χ0n) is 25.7. The van der Waals surface area contributed by atoms with Crippen LogP contribution < -0.4 is 5.32 Å². The Kier molecular flexibility index (Phi) is 6.04. The quantitative estimate of drug-likeness (QED) is 0.196. The maximum atomic E-state index is 5.30. The van der Waals surface area contributed by atoms with Crippen molar-refractivity contribution in [3.63, 3.8) is 0 Å². The van der Waals surface area contributed by atoms with E-state index in [-0.39, 0.29) is 6.17 Å². The van der Waals surface area contributed by atoms with Crippen LogP contribution in [0.1, 0.15) is 22.9 Å². The number of benzene rings is 6. The van der Waals surface area contributed by atoms with Crippen LogP contribution in [0.4, 0.5) is 0 Å².